The standard InChI is InChI=1S/C23H27N7O/c1-6-17(7-2)23(31)27-20-11-15(4)28-30(20)22-18-12-26-29(21(18)24-13-25-22)19-10-8-9-14(3)16(19)5/h8-13,17H,6-7H2,1-5H3,(H,27,31). The number of nitrogens with one attached hydrogen (secondary N) is 1. The van der Waals surface area contributed by atoms with E-state index < -0.39 is 0 Å². The van der Waals surface area contributed by atoms with E-state index in [2.05, 4.69) is 45.4 Å². The van der Waals surface area contributed by atoms with Crippen molar-refractivity contribution in [1.29, 1.82) is 0 Å². The first-order valence-corrected chi connectivity index (χ1v) is 10.6. The van der Waals surface area contributed by atoms with E-state index in [1.54, 1.807) is 10.9 Å². The van der Waals surface area contributed by atoms with Crippen LogP contribution in [-0.4, -0.2) is 35.4 Å². The third-order valence-electron chi connectivity index (χ3n) is 5.79. The van der Waals surface area contributed by atoms with Gasteiger partial charge in [0.1, 0.15) is 12.1 Å². The number of amides is 1. The number of anilines is 1. The smallest absolute Gasteiger partial charge is 0.228 e. The Labute approximate surface area is 181 Å². The molecule has 4 aromatic rings. The number of carbonyl (C=O) groups is 1. The molecule has 1 amide bonds. The van der Waals surface area contributed by atoms with Gasteiger partial charge in [0, 0.05) is 12.0 Å². The fourth-order valence-electron chi connectivity index (χ4n) is 3.78. The molecule has 0 spiro atoms. The lowest BCUT2D eigenvalue weighted by Gasteiger charge is -2.14. The Kier molecular flexibility index (Phi) is 5.54. The van der Waals surface area contributed by atoms with Gasteiger partial charge in [-0.1, -0.05) is 26.0 Å². The molecule has 3 heterocycles. The fraction of sp³-hybridized carbons (Fsp3) is 0.348. The van der Waals surface area contributed by atoms with Crippen LogP contribution in [0.2, 0.25) is 0 Å². The molecule has 160 valence electrons. The predicted molar refractivity (Wildman–Crippen MR) is 121 cm³/mol. The van der Waals surface area contributed by atoms with Crippen LogP contribution in [0.1, 0.15) is 43.5 Å². The average Bonchev–Trinajstić information content (AvgIpc) is 3.34. The minimum Gasteiger partial charge on any atom is -0.310 e. The van der Waals surface area contributed by atoms with Crippen molar-refractivity contribution in [2.24, 2.45) is 5.92 Å². The summed E-state index contributed by atoms with van der Waals surface area (Å²) in [7, 11) is 0. The Balaban J connectivity index is 1.81. The number of carbonyl (C=O) groups excluding carboxylic acids is 1. The molecule has 31 heavy (non-hydrogen) atoms. The van der Waals surface area contributed by atoms with Crippen LogP contribution < -0.4 is 5.32 Å². The molecule has 0 bridgehead atoms. The summed E-state index contributed by atoms with van der Waals surface area (Å²) in [6, 6.07) is 7.96. The summed E-state index contributed by atoms with van der Waals surface area (Å²) >= 11 is 0. The van der Waals surface area contributed by atoms with Crippen LogP contribution in [-0.2, 0) is 4.79 Å². The van der Waals surface area contributed by atoms with Gasteiger partial charge in [0.25, 0.3) is 0 Å². The van der Waals surface area contributed by atoms with Gasteiger partial charge in [0.05, 0.1) is 23.0 Å². The highest BCUT2D eigenvalue weighted by atomic mass is 16.2. The van der Waals surface area contributed by atoms with Crippen LogP contribution in [0.3, 0.4) is 0 Å². The number of aromatic nitrogens is 6. The van der Waals surface area contributed by atoms with Crippen molar-refractivity contribution in [2.75, 3.05) is 5.32 Å². The largest absolute Gasteiger partial charge is 0.310 e. The molecule has 0 aliphatic heterocycles. The van der Waals surface area contributed by atoms with Crippen LogP contribution in [0.4, 0.5) is 5.82 Å². The van der Waals surface area contributed by atoms with E-state index >= 15 is 0 Å². The van der Waals surface area contributed by atoms with Crippen molar-refractivity contribution in [3.63, 3.8) is 0 Å². The Morgan fingerprint density at radius 1 is 1.10 bits per heavy atom. The highest BCUT2D eigenvalue weighted by Crippen LogP contribution is 2.26. The summed E-state index contributed by atoms with van der Waals surface area (Å²) in [5.41, 5.74) is 4.77. The lowest BCUT2D eigenvalue weighted by atomic mass is 10.0. The summed E-state index contributed by atoms with van der Waals surface area (Å²) in [5, 5.41) is 13.0. The van der Waals surface area contributed by atoms with Gasteiger partial charge >= 0.3 is 0 Å². The summed E-state index contributed by atoms with van der Waals surface area (Å²) in [6.45, 7) is 10.1. The van der Waals surface area contributed by atoms with Crippen molar-refractivity contribution in [3.05, 3.63) is 53.6 Å². The monoisotopic (exact) mass is 417 g/mol. The number of fused-ring (bicyclic) bond motifs is 1. The highest BCUT2D eigenvalue weighted by Gasteiger charge is 2.20. The van der Waals surface area contributed by atoms with Gasteiger partial charge in [-0.25, -0.2) is 14.6 Å². The topological polar surface area (TPSA) is 90.5 Å². The molecule has 0 unspecified atom stereocenters. The number of hydrogen-bond donors (Lipinski definition) is 1. The Hall–Kier alpha value is -3.55. The molecule has 8 heteroatoms. The van der Waals surface area contributed by atoms with E-state index in [4.69, 9.17) is 0 Å². The first kappa shape index (κ1) is 20.7. The number of benzene rings is 1. The normalized spacial score (nSPS) is 11.4. The summed E-state index contributed by atoms with van der Waals surface area (Å²) in [5.74, 6) is 1.12. The maximum absolute atomic E-state index is 12.7. The van der Waals surface area contributed by atoms with Crippen molar-refractivity contribution >= 4 is 22.8 Å². The average molecular weight is 418 g/mol. The van der Waals surface area contributed by atoms with E-state index in [0.717, 1.165) is 35.2 Å². The second-order valence-corrected chi connectivity index (χ2v) is 7.80. The van der Waals surface area contributed by atoms with Gasteiger partial charge < -0.3 is 5.32 Å². The quantitative estimate of drug-likeness (QED) is 0.505. The minimum absolute atomic E-state index is 0.0115. The molecule has 0 aliphatic rings. The molecule has 1 N–H and O–H groups in total. The van der Waals surface area contributed by atoms with Crippen molar-refractivity contribution in [2.45, 2.75) is 47.5 Å². The third-order valence-corrected chi connectivity index (χ3v) is 5.79. The van der Waals surface area contributed by atoms with Gasteiger partial charge in [0.15, 0.2) is 11.5 Å². The van der Waals surface area contributed by atoms with Crippen molar-refractivity contribution in [1.82, 2.24) is 29.5 Å². The summed E-state index contributed by atoms with van der Waals surface area (Å²) in [6.07, 6.45) is 4.83. The van der Waals surface area contributed by atoms with E-state index in [1.807, 2.05) is 43.7 Å². The highest BCUT2D eigenvalue weighted by molar-refractivity contribution is 5.92. The molecule has 4 rings (SSSR count). The number of hydrogen-bond acceptors (Lipinski definition) is 5. The van der Waals surface area contributed by atoms with Crippen LogP contribution >= 0.6 is 0 Å². The molecule has 3 aromatic heterocycles. The molecular weight excluding hydrogens is 390 g/mol. The summed E-state index contributed by atoms with van der Waals surface area (Å²) in [4.78, 5) is 21.7. The molecular formula is C23H27N7O. The van der Waals surface area contributed by atoms with Gasteiger partial charge in [-0.15, -0.1) is 0 Å². The van der Waals surface area contributed by atoms with E-state index in [-0.39, 0.29) is 11.8 Å². The van der Waals surface area contributed by atoms with E-state index in [1.165, 1.54) is 11.9 Å². The van der Waals surface area contributed by atoms with Crippen LogP contribution in [0, 0.1) is 26.7 Å². The Bertz CT molecular complexity index is 1250. The van der Waals surface area contributed by atoms with Gasteiger partial charge in [-0.3, -0.25) is 4.79 Å². The fourth-order valence-corrected chi connectivity index (χ4v) is 3.78. The molecule has 0 fully saturated rings. The van der Waals surface area contributed by atoms with Crippen molar-refractivity contribution < 1.29 is 4.79 Å². The van der Waals surface area contributed by atoms with Gasteiger partial charge in [-0.05, 0) is 50.8 Å². The second-order valence-electron chi connectivity index (χ2n) is 7.80. The third kappa shape index (κ3) is 3.69. The van der Waals surface area contributed by atoms with E-state index in [0.29, 0.717) is 17.3 Å². The minimum atomic E-state index is -0.0406. The number of aryl methyl sites for hydroxylation is 2. The van der Waals surface area contributed by atoms with Crippen LogP contribution in [0.5, 0.6) is 0 Å². The molecule has 0 radical (unpaired) electrons. The first-order chi connectivity index (χ1) is 14.9. The molecule has 8 nitrogen and oxygen atoms in total. The maximum atomic E-state index is 12.7. The lowest BCUT2D eigenvalue weighted by Crippen LogP contribution is -2.23. The molecule has 0 aliphatic carbocycles. The Morgan fingerprint density at radius 2 is 1.87 bits per heavy atom. The molecule has 0 saturated carbocycles. The zero-order chi connectivity index (χ0) is 22.1. The van der Waals surface area contributed by atoms with E-state index in [9.17, 15) is 4.79 Å². The van der Waals surface area contributed by atoms with Gasteiger partial charge in [0.2, 0.25) is 5.91 Å². The number of rotatable bonds is 6. The molecule has 1 aromatic carbocycles. The molecule has 0 atom stereocenters. The van der Waals surface area contributed by atoms with Gasteiger partial charge in [-0.2, -0.15) is 14.9 Å². The van der Waals surface area contributed by atoms with Crippen LogP contribution in [0.15, 0.2) is 36.8 Å². The van der Waals surface area contributed by atoms with Crippen molar-refractivity contribution in [3.8, 4) is 11.5 Å². The maximum Gasteiger partial charge on any atom is 0.228 e. The SMILES string of the molecule is CCC(CC)C(=O)Nc1cc(C)nn1-c1ncnc2c1cnn2-c1cccc(C)c1C. The zero-order valence-electron chi connectivity index (χ0n) is 18.5. The molecule has 0 saturated heterocycles. The zero-order valence-corrected chi connectivity index (χ0v) is 18.5. The van der Waals surface area contributed by atoms with Crippen LogP contribution in [0.25, 0.3) is 22.5 Å². The summed E-state index contributed by atoms with van der Waals surface area (Å²) < 4.78 is 3.48. The second kappa shape index (κ2) is 8.29. The predicted octanol–water partition coefficient (Wildman–Crippen LogP) is 4.30. The number of nitrogens with zero attached hydrogens (tertiary/aromatic N) is 6. The Morgan fingerprint density at radius 3 is 2.61 bits per heavy atom. The lowest BCUT2D eigenvalue weighted by molar-refractivity contribution is -0.120. The first-order valence-electron chi connectivity index (χ1n) is 10.6.